The van der Waals surface area contributed by atoms with Crippen LogP contribution in [0.25, 0.3) is 0 Å². The fraction of sp³-hybridized carbons (Fsp3) is 0.417. The molecule has 172 valence electrons. The topological polar surface area (TPSA) is 90.0 Å². The maximum atomic E-state index is 13.2. The number of sulfonamides is 1. The fourth-order valence-electron chi connectivity index (χ4n) is 4.17. The minimum Gasteiger partial charge on any atom is -0.497 e. The van der Waals surface area contributed by atoms with Gasteiger partial charge in [0, 0.05) is 18.7 Å². The van der Waals surface area contributed by atoms with Crippen LogP contribution in [-0.4, -0.2) is 51.3 Å². The van der Waals surface area contributed by atoms with Crippen LogP contribution in [0.15, 0.2) is 41.3 Å². The minimum absolute atomic E-state index is 0.235. The Bertz CT molecular complexity index is 1090. The number of rotatable bonds is 7. The first-order valence-corrected chi connectivity index (χ1v) is 12.0. The van der Waals surface area contributed by atoms with Gasteiger partial charge in [0.05, 0.1) is 17.9 Å². The lowest BCUT2D eigenvalue weighted by Gasteiger charge is -2.31. The van der Waals surface area contributed by atoms with E-state index in [0.29, 0.717) is 29.1 Å². The quantitative estimate of drug-likeness (QED) is 0.465. The van der Waals surface area contributed by atoms with Gasteiger partial charge in [-0.15, -0.1) is 0 Å². The number of hydrogen-bond acceptors (Lipinski definition) is 6. The molecule has 0 aliphatic carbocycles. The predicted molar refractivity (Wildman–Crippen MR) is 120 cm³/mol. The highest BCUT2D eigenvalue weighted by molar-refractivity contribution is 7.89. The molecule has 1 aliphatic rings. The number of methoxy groups -OCH3 is 1. The third-order valence-corrected chi connectivity index (χ3v) is 7.93. The van der Waals surface area contributed by atoms with Crippen LogP contribution in [-0.2, 0) is 19.6 Å². The van der Waals surface area contributed by atoms with E-state index in [0.717, 1.165) is 16.7 Å². The van der Waals surface area contributed by atoms with Gasteiger partial charge in [0.25, 0.3) is 0 Å². The number of piperidine rings is 1. The molecule has 0 N–H and O–H groups in total. The highest BCUT2D eigenvalue weighted by Crippen LogP contribution is 2.29. The highest BCUT2D eigenvalue weighted by atomic mass is 32.2. The van der Waals surface area contributed by atoms with E-state index in [2.05, 4.69) is 0 Å². The summed E-state index contributed by atoms with van der Waals surface area (Å²) in [4.78, 5) is 25.1. The molecule has 0 atom stereocenters. The van der Waals surface area contributed by atoms with Crippen molar-refractivity contribution in [3.63, 3.8) is 0 Å². The predicted octanol–water partition coefficient (Wildman–Crippen LogP) is 3.45. The first-order chi connectivity index (χ1) is 15.1. The Morgan fingerprint density at radius 2 is 1.66 bits per heavy atom. The van der Waals surface area contributed by atoms with E-state index >= 15 is 0 Å². The van der Waals surface area contributed by atoms with Crippen LogP contribution in [0.1, 0.15) is 39.9 Å². The Kier molecular flexibility index (Phi) is 7.36. The molecule has 1 aliphatic heterocycles. The summed E-state index contributed by atoms with van der Waals surface area (Å²) in [5, 5.41) is 0. The molecule has 0 spiro atoms. The van der Waals surface area contributed by atoms with E-state index in [4.69, 9.17) is 9.47 Å². The van der Waals surface area contributed by atoms with Crippen molar-refractivity contribution in [2.24, 2.45) is 5.92 Å². The average molecular weight is 460 g/mol. The second-order valence-corrected chi connectivity index (χ2v) is 10.0. The van der Waals surface area contributed by atoms with Crippen molar-refractivity contribution in [3.8, 4) is 5.75 Å². The summed E-state index contributed by atoms with van der Waals surface area (Å²) in [6.07, 6.45) is 0.713. The molecule has 0 radical (unpaired) electrons. The molecule has 0 aromatic heterocycles. The van der Waals surface area contributed by atoms with Gasteiger partial charge in [0.1, 0.15) is 5.75 Å². The summed E-state index contributed by atoms with van der Waals surface area (Å²) in [6, 6.07) is 10.4. The first-order valence-electron chi connectivity index (χ1n) is 10.6. The molecule has 0 amide bonds. The van der Waals surface area contributed by atoms with Crippen LogP contribution in [0.2, 0.25) is 0 Å². The van der Waals surface area contributed by atoms with Crippen molar-refractivity contribution >= 4 is 21.8 Å². The van der Waals surface area contributed by atoms with E-state index in [9.17, 15) is 18.0 Å². The normalized spacial score (nSPS) is 15.4. The SMILES string of the molecule is COc1cccc(C(=O)COC(=O)C2CCN(S(=O)(=O)c3c(C)cc(C)cc3C)CC2)c1. The third kappa shape index (κ3) is 5.19. The molecule has 0 saturated carbocycles. The second kappa shape index (κ2) is 9.83. The number of Topliss-reactive ketones (excluding diaryl/α,β-unsaturated/α-hetero) is 1. The number of nitrogens with zero attached hydrogens (tertiary/aromatic N) is 1. The molecule has 3 rings (SSSR count). The summed E-state index contributed by atoms with van der Waals surface area (Å²) in [5.41, 5.74) is 2.87. The Balaban J connectivity index is 1.58. The lowest BCUT2D eigenvalue weighted by molar-refractivity contribution is -0.148. The molecule has 2 aromatic carbocycles. The molecule has 1 heterocycles. The Hall–Kier alpha value is -2.71. The minimum atomic E-state index is -3.64. The van der Waals surface area contributed by atoms with Crippen LogP contribution in [0.5, 0.6) is 5.75 Å². The number of aryl methyl sites for hydroxylation is 3. The van der Waals surface area contributed by atoms with Crippen molar-refractivity contribution < 1.29 is 27.5 Å². The van der Waals surface area contributed by atoms with E-state index in [1.54, 1.807) is 38.1 Å². The van der Waals surface area contributed by atoms with Gasteiger partial charge in [0.15, 0.2) is 12.4 Å². The molecular formula is C24H29NO6S. The molecule has 2 aromatic rings. The Labute approximate surface area is 189 Å². The van der Waals surface area contributed by atoms with Gasteiger partial charge < -0.3 is 9.47 Å². The summed E-state index contributed by atoms with van der Waals surface area (Å²) in [7, 11) is -2.13. The first kappa shape index (κ1) is 23.9. The van der Waals surface area contributed by atoms with Gasteiger partial charge in [0.2, 0.25) is 10.0 Å². The van der Waals surface area contributed by atoms with Crippen LogP contribution in [0, 0.1) is 26.7 Å². The van der Waals surface area contributed by atoms with Gasteiger partial charge in [-0.1, -0.05) is 29.8 Å². The monoisotopic (exact) mass is 459 g/mol. The van der Waals surface area contributed by atoms with Gasteiger partial charge >= 0.3 is 5.97 Å². The molecule has 32 heavy (non-hydrogen) atoms. The molecule has 8 heteroatoms. The van der Waals surface area contributed by atoms with E-state index in [-0.39, 0.29) is 25.5 Å². The standard InChI is InChI=1S/C24H29NO6S/c1-16-12-17(2)23(18(3)13-16)32(28,29)25-10-8-19(9-11-25)24(27)31-15-22(26)20-6-5-7-21(14-20)30-4/h5-7,12-14,19H,8-11,15H2,1-4H3. The molecule has 1 saturated heterocycles. The Morgan fingerprint density at radius 3 is 2.25 bits per heavy atom. The lowest BCUT2D eigenvalue weighted by atomic mass is 9.98. The summed E-state index contributed by atoms with van der Waals surface area (Å²) < 4.78 is 38.2. The van der Waals surface area contributed by atoms with Crippen molar-refractivity contribution in [1.29, 1.82) is 0 Å². The zero-order valence-electron chi connectivity index (χ0n) is 18.9. The van der Waals surface area contributed by atoms with Crippen LogP contribution < -0.4 is 4.74 Å². The van der Waals surface area contributed by atoms with E-state index in [1.165, 1.54) is 11.4 Å². The van der Waals surface area contributed by atoms with Crippen molar-refractivity contribution in [2.75, 3.05) is 26.8 Å². The highest BCUT2D eigenvalue weighted by Gasteiger charge is 2.34. The molecular weight excluding hydrogens is 430 g/mol. The molecule has 0 unspecified atom stereocenters. The molecule has 7 nitrogen and oxygen atoms in total. The van der Waals surface area contributed by atoms with Crippen LogP contribution in [0.4, 0.5) is 0 Å². The number of ketones is 1. The van der Waals surface area contributed by atoms with Gasteiger partial charge in [-0.3, -0.25) is 9.59 Å². The van der Waals surface area contributed by atoms with Gasteiger partial charge in [-0.25, -0.2) is 8.42 Å². The summed E-state index contributed by atoms with van der Waals surface area (Å²) in [6.45, 7) is 5.66. The fourth-order valence-corrected chi connectivity index (χ4v) is 6.05. The average Bonchev–Trinajstić information content (AvgIpc) is 2.76. The van der Waals surface area contributed by atoms with Crippen molar-refractivity contribution in [3.05, 3.63) is 58.7 Å². The molecule has 0 bridgehead atoms. The van der Waals surface area contributed by atoms with Crippen LogP contribution in [0.3, 0.4) is 0 Å². The number of carbonyl (C=O) groups is 2. The Morgan fingerprint density at radius 1 is 1.03 bits per heavy atom. The zero-order valence-corrected chi connectivity index (χ0v) is 19.7. The zero-order chi connectivity index (χ0) is 23.5. The maximum absolute atomic E-state index is 13.2. The summed E-state index contributed by atoms with van der Waals surface area (Å²) in [5.74, 6) is -0.668. The third-order valence-electron chi connectivity index (χ3n) is 5.73. The van der Waals surface area contributed by atoms with Crippen molar-refractivity contribution in [2.45, 2.75) is 38.5 Å². The van der Waals surface area contributed by atoms with E-state index < -0.39 is 21.9 Å². The smallest absolute Gasteiger partial charge is 0.309 e. The van der Waals surface area contributed by atoms with Gasteiger partial charge in [-0.2, -0.15) is 4.31 Å². The van der Waals surface area contributed by atoms with Gasteiger partial charge in [-0.05, 0) is 56.9 Å². The van der Waals surface area contributed by atoms with E-state index in [1.807, 2.05) is 19.1 Å². The number of carbonyl (C=O) groups excluding carboxylic acids is 2. The number of ether oxygens (including phenoxy) is 2. The van der Waals surface area contributed by atoms with Crippen LogP contribution >= 0.6 is 0 Å². The number of benzene rings is 2. The largest absolute Gasteiger partial charge is 0.497 e. The second-order valence-electron chi connectivity index (χ2n) is 8.17. The summed E-state index contributed by atoms with van der Waals surface area (Å²) >= 11 is 0. The maximum Gasteiger partial charge on any atom is 0.309 e. The molecule has 1 fully saturated rings. The van der Waals surface area contributed by atoms with Crippen molar-refractivity contribution in [1.82, 2.24) is 4.31 Å². The lowest BCUT2D eigenvalue weighted by Crippen LogP contribution is -2.41. The number of esters is 1. The number of hydrogen-bond donors (Lipinski definition) is 0.